The van der Waals surface area contributed by atoms with Crippen LogP contribution >= 0.6 is 11.8 Å². The van der Waals surface area contributed by atoms with E-state index in [1.165, 1.54) is 44.3 Å². The van der Waals surface area contributed by atoms with E-state index < -0.39 is 0 Å². The molecule has 22 heavy (non-hydrogen) atoms. The standard InChI is InChI=1S/C18H32N2OS/c1-3-22-16-8-7-15(11-16)20(2)18(21)14-9-12-5-4-6-13(10-14)17(12)19/h12-17H,3-11,19H2,1-2H3. The molecule has 0 aliphatic heterocycles. The zero-order chi connectivity index (χ0) is 15.7. The smallest absolute Gasteiger partial charge is 0.225 e. The van der Waals surface area contributed by atoms with Crippen molar-refractivity contribution in [3.63, 3.8) is 0 Å². The average molecular weight is 325 g/mol. The Kier molecular flexibility index (Phi) is 5.39. The first-order valence-corrected chi connectivity index (χ1v) is 10.3. The second-order valence-corrected chi connectivity index (χ2v) is 9.27. The minimum absolute atomic E-state index is 0.248. The summed E-state index contributed by atoms with van der Waals surface area (Å²) < 4.78 is 0. The first kappa shape index (κ1) is 16.6. The van der Waals surface area contributed by atoms with Crippen LogP contribution in [0.15, 0.2) is 0 Å². The Hall–Kier alpha value is -0.220. The lowest BCUT2D eigenvalue weighted by atomic mass is 9.65. The first-order chi connectivity index (χ1) is 10.6. The maximum Gasteiger partial charge on any atom is 0.225 e. The second-order valence-electron chi connectivity index (χ2n) is 7.69. The Bertz CT molecular complexity index is 389. The molecule has 4 unspecified atom stereocenters. The highest BCUT2D eigenvalue weighted by Crippen LogP contribution is 2.43. The number of hydrogen-bond donors (Lipinski definition) is 1. The molecule has 3 nitrogen and oxygen atoms in total. The summed E-state index contributed by atoms with van der Waals surface area (Å²) in [5.41, 5.74) is 6.37. The van der Waals surface area contributed by atoms with Crippen molar-refractivity contribution in [1.82, 2.24) is 4.90 Å². The Morgan fingerprint density at radius 2 is 1.82 bits per heavy atom. The summed E-state index contributed by atoms with van der Waals surface area (Å²) in [5.74, 6) is 3.05. The van der Waals surface area contributed by atoms with E-state index in [9.17, 15) is 4.79 Å². The first-order valence-electron chi connectivity index (χ1n) is 9.24. The van der Waals surface area contributed by atoms with Gasteiger partial charge in [0.05, 0.1) is 0 Å². The fraction of sp³-hybridized carbons (Fsp3) is 0.944. The van der Waals surface area contributed by atoms with Gasteiger partial charge in [-0.05, 0) is 62.5 Å². The molecule has 0 aromatic heterocycles. The van der Waals surface area contributed by atoms with E-state index in [0.717, 1.165) is 18.1 Å². The van der Waals surface area contributed by atoms with Gasteiger partial charge in [-0.1, -0.05) is 13.3 Å². The van der Waals surface area contributed by atoms with Crippen molar-refractivity contribution >= 4 is 17.7 Å². The largest absolute Gasteiger partial charge is 0.342 e. The lowest BCUT2D eigenvalue weighted by Crippen LogP contribution is -2.50. The van der Waals surface area contributed by atoms with Crippen LogP contribution in [0.25, 0.3) is 0 Å². The van der Waals surface area contributed by atoms with Crippen molar-refractivity contribution in [2.45, 2.75) is 75.6 Å². The summed E-state index contributed by atoms with van der Waals surface area (Å²) >= 11 is 2.07. The van der Waals surface area contributed by atoms with Gasteiger partial charge in [0.1, 0.15) is 0 Å². The normalized spacial score (nSPS) is 41.4. The van der Waals surface area contributed by atoms with E-state index in [-0.39, 0.29) is 5.92 Å². The molecule has 0 saturated heterocycles. The van der Waals surface area contributed by atoms with E-state index in [4.69, 9.17) is 5.73 Å². The predicted molar refractivity (Wildman–Crippen MR) is 93.9 cm³/mol. The third-order valence-electron chi connectivity index (χ3n) is 6.42. The molecule has 4 atom stereocenters. The maximum absolute atomic E-state index is 13.0. The number of carbonyl (C=O) groups excluding carboxylic acids is 1. The van der Waals surface area contributed by atoms with Crippen LogP contribution in [0.4, 0.5) is 0 Å². The second kappa shape index (κ2) is 7.12. The van der Waals surface area contributed by atoms with Gasteiger partial charge in [0, 0.05) is 30.3 Å². The molecule has 0 aromatic carbocycles. The molecule has 2 N–H and O–H groups in total. The van der Waals surface area contributed by atoms with E-state index in [1.807, 2.05) is 0 Å². The van der Waals surface area contributed by atoms with Crippen LogP contribution in [0.1, 0.15) is 58.3 Å². The number of rotatable bonds is 4. The topological polar surface area (TPSA) is 46.3 Å². The molecule has 0 aromatic rings. The van der Waals surface area contributed by atoms with Gasteiger partial charge in [0.2, 0.25) is 5.91 Å². The summed E-state index contributed by atoms with van der Waals surface area (Å²) in [5, 5.41) is 0.768. The summed E-state index contributed by atoms with van der Waals surface area (Å²) in [6.07, 6.45) is 9.55. The quantitative estimate of drug-likeness (QED) is 0.863. The van der Waals surface area contributed by atoms with Crippen molar-refractivity contribution in [2.75, 3.05) is 12.8 Å². The molecule has 0 radical (unpaired) electrons. The Labute approximate surface area is 139 Å². The van der Waals surface area contributed by atoms with Crippen molar-refractivity contribution in [2.24, 2.45) is 23.5 Å². The van der Waals surface area contributed by atoms with Crippen molar-refractivity contribution in [3.8, 4) is 0 Å². The molecular formula is C18H32N2OS. The number of hydrogen-bond acceptors (Lipinski definition) is 3. The third kappa shape index (κ3) is 3.33. The maximum atomic E-state index is 13.0. The molecule has 0 spiro atoms. The molecule has 126 valence electrons. The molecule has 0 heterocycles. The van der Waals surface area contributed by atoms with Gasteiger partial charge in [0.15, 0.2) is 0 Å². The summed E-state index contributed by atoms with van der Waals surface area (Å²) in [4.78, 5) is 15.1. The molecule has 3 aliphatic rings. The van der Waals surface area contributed by atoms with Crippen LogP contribution in [0.3, 0.4) is 0 Å². The zero-order valence-corrected chi connectivity index (χ0v) is 15.0. The Morgan fingerprint density at radius 1 is 1.14 bits per heavy atom. The highest BCUT2D eigenvalue weighted by Gasteiger charge is 2.42. The van der Waals surface area contributed by atoms with E-state index in [1.54, 1.807) is 0 Å². The van der Waals surface area contributed by atoms with Crippen molar-refractivity contribution in [3.05, 3.63) is 0 Å². The van der Waals surface area contributed by atoms with Gasteiger partial charge in [-0.25, -0.2) is 0 Å². The van der Waals surface area contributed by atoms with Crippen LogP contribution < -0.4 is 5.73 Å². The highest BCUT2D eigenvalue weighted by atomic mass is 32.2. The number of carbonyl (C=O) groups is 1. The van der Waals surface area contributed by atoms with Gasteiger partial charge in [-0.3, -0.25) is 4.79 Å². The van der Waals surface area contributed by atoms with Crippen molar-refractivity contribution in [1.29, 1.82) is 0 Å². The van der Waals surface area contributed by atoms with Crippen molar-refractivity contribution < 1.29 is 4.79 Å². The highest BCUT2D eigenvalue weighted by molar-refractivity contribution is 7.99. The van der Waals surface area contributed by atoms with Crippen LogP contribution in [0, 0.1) is 17.8 Å². The van der Waals surface area contributed by atoms with Crippen LogP contribution in [-0.2, 0) is 4.79 Å². The summed E-state index contributed by atoms with van der Waals surface area (Å²) in [7, 11) is 2.05. The number of thioether (sulfide) groups is 1. The number of nitrogens with zero attached hydrogens (tertiary/aromatic N) is 1. The predicted octanol–water partition coefficient (Wildman–Crippen LogP) is 3.27. The van der Waals surface area contributed by atoms with Gasteiger partial charge in [-0.2, -0.15) is 11.8 Å². The monoisotopic (exact) mass is 324 g/mol. The molecule has 2 bridgehead atoms. The molecule has 4 heteroatoms. The SMILES string of the molecule is CCSC1CCC(N(C)C(=O)C2CC3CCCC(C2)C3N)C1. The fourth-order valence-electron chi connectivity index (χ4n) is 5.11. The molecule has 3 rings (SSSR count). The molecule has 3 fully saturated rings. The zero-order valence-electron chi connectivity index (χ0n) is 14.2. The van der Waals surface area contributed by atoms with Crippen LogP contribution in [0.2, 0.25) is 0 Å². The minimum atomic E-state index is 0.248. The Balaban J connectivity index is 1.57. The minimum Gasteiger partial charge on any atom is -0.342 e. The van der Waals surface area contributed by atoms with Crippen LogP contribution in [0.5, 0.6) is 0 Å². The molecular weight excluding hydrogens is 292 g/mol. The van der Waals surface area contributed by atoms with Gasteiger partial charge in [0.25, 0.3) is 0 Å². The lowest BCUT2D eigenvalue weighted by Gasteiger charge is -2.44. The molecule has 1 amide bonds. The lowest BCUT2D eigenvalue weighted by molar-refractivity contribution is -0.139. The molecule has 3 aliphatic carbocycles. The number of amides is 1. The molecule has 3 saturated carbocycles. The fourth-order valence-corrected chi connectivity index (χ4v) is 6.25. The van der Waals surface area contributed by atoms with Gasteiger partial charge >= 0.3 is 0 Å². The van der Waals surface area contributed by atoms with E-state index >= 15 is 0 Å². The Morgan fingerprint density at radius 3 is 2.45 bits per heavy atom. The van der Waals surface area contributed by atoms with Gasteiger partial charge in [-0.15, -0.1) is 0 Å². The summed E-state index contributed by atoms with van der Waals surface area (Å²) in [6.45, 7) is 2.23. The summed E-state index contributed by atoms with van der Waals surface area (Å²) in [6, 6.07) is 0.840. The van der Waals surface area contributed by atoms with Gasteiger partial charge < -0.3 is 10.6 Å². The number of nitrogens with two attached hydrogens (primary N) is 1. The average Bonchev–Trinajstić information content (AvgIpc) is 2.94. The van der Waals surface area contributed by atoms with E-state index in [0.29, 0.717) is 29.8 Å². The van der Waals surface area contributed by atoms with E-state index in [2.05, 4.69) is 30.6 Å². The third-order valence-corrected chi connectivity index (χ3v) is 7.65. The van der Waals surface area contributed by atoms with Crippen LogP contribution in [-0.4, -0.2) is 40.9 Å². The number of fused-ring (bicyclic) bond motifs is 2.